The van der Waals surface area contributed by atoms with E-state index in [0.29, 0.717) is 0 Å². The minimum absolute atomic E-state index is 0.205. The van der Waals surface area contributed by atoms with Gasteiger partial charge in [-0.3, -0.25) is 0 Å². The average Bonchev–Trinajstić information content (AvgIpc) is 1.87. The molecule has 54 valence electrons. The number of carbonyl (C=O) groups excluding carboxylic acids is 1. The first-order chi connectivity index (χ1) is 4.22. The highest BCUT2D eigenvalue weighted by Crippen LogP contribution is 1.87. The van der Waals surface area contributed by atoms with Crippen LogP contribution in [0, 0.1) is 0 Å². The van der Waals surface area contributed by atoms with Crippen molar-refractivity contribution in [1.82, 2.24) is 4.57 Å². The van der Waals surface area contributed by atoms with Crippen molar-refractivity contribution in [1.29, 1.82) is 0 Å². The zero-order valence-corrected chi connectivity index (χ0v) is 8.18. The molecule has 0 fully saturated rings. The molecule has 0 aliphatic heterocycles. The molecule has 4 heteroatoms. The van der Waals surface area contributed by atoms with Crippen molar-refractivity contribution in [2.45, 2.75) is 13.3 Å². The van der Waals surface area contributed by atoms with Gasteiger partial charge in [0.1, 0.15) is 10.4 Å². The number of carbonyl (C=O) groups is 1. The van der Waals surface area contributed by atoms with Crippen LogP contribution in [0.5, 0.6) is 0 Å². The molecule has 0 aliphatic carbocycles. The van der Waals surface area contributed by atoms with Crippen LogP contribution in [-0.4, -0.2) is 34.7 Å². The van der Waals surface area contributed by atoms with Crippen molar-refractivity contribution in [3.05, 3.63) is 0 Å². The maximum absolute atomic E-state index is 10.6. The Labute approximate surface area is 58.5 Å². The number of nitrogens with zero attached hydrogens (tertiary/aromatic N) is 1. The first-order valence-electron chi connectivity index (χ1n) is 3.01. The SMILES string of the molecule is CCCN([SiH3])C(=O)OC. The molecule has 0 heterocycles. The maximum Gasteiger partial charge on any atom is 0.400 e. The van der Waals surface area contributed by atoms with Gasteiger partial charge in [0.25, 0.3) is 0 Å². The number of methoxy groups -OCH3 is 1. The van der Waals surface area contributed by atoms with Crippen LogP contribution in [0.25, 0.3) is 0 Å². The number of ether oxygens (including phenoxy) is 1. The van der Waals surface area contributed by atoms with E-state index in [1.165, 1.54) is 7.11 Å². The fourth-order valence-corrected chi connectivity index (χ4v) is 1.21. The molecule has 0 aromatic carbocycles. The Balaban J connectivity index is 3.45. The molecule has 0 atom stereocenters. The maximum atomic E-state index is 10.6. The van der Waals surface area contributed by atoms with E-state index in [1.54, 1.807) is 4.57 Å². The summed E-state index contributed by atoms with van der Waals surface area (Å²) in [5, 5.41) is 0. The largest absolute Gasteiger partial charge is 0.453 e. The number of amides is 1. The van der Waals surface area contributed by atoms with Crippen LogP contribution < -0.4 is 0 Å². The van der Waals surface area contributed by atoms with Crippen molar-refractivity contribution >= 4 is 16.5 Å². The third-order valence-corrected chi connectivity index (χ3v) is 1.86. The highest BCUT2D eigenvalue weighted by atomic mass is 28.2. The molecule has 0 rings (SSSR count). The smallest absolute Gasteiger partial charge is 0.400 e. The Kier molecular flexibility index (Phi) is 4.12. The van der Waals surface area contributed by atoms with E-state index in [-0.39, 0.29) is 6.09 Å². The minimum Gasteiger partial charge on any atom is -0.453 e. The number of rotatable bonds is 2. The van der Waals surface area contributed by atoms with Gasteiger partial charge in [-0.15, -0.1) is 0 Å². The first kappa shape index (κ1) is 8.49. The van der Waals surface area contributed by atoms with Crippen LogP contribution in [-0.2, 0) is 4.74 Å². The Bertz CT molecular complexity index is 97.0. The molecular formula is C5H13NO2Si. The molecule has 0 aliphatic rings. The third kappa shape index (κ3) is 3.13. The lowest BCUT2D eigenvalue weighted by molar-refractivity contribution is 0.149. The van der Waals surface area contributed by atoms with Gasteiger partial charge in [-0.25, -0.2) is 4.79 Å². The molecule has 0 bridgehead atoms. The highest BCUT2D eigenvalue weighted by molar-refractivity contribution is 6.12. The van der Waals surface area contributed by atoms with Crippen molar-refractivity contribution in [3.8, 4) is 0 Å². The lowest BCUT2D eigenvalue weighted by atomic mass is 10.5. The molecule has 0 unspecified atom stereocenters. The van der Waals surface area contributed by atoms with Gasteiger partial charge in [-0.2, -0.15) is 0 Å². The topological polar surface area (TPSA) is 29.5 Å². The second-order valence-corrected chi connectivity index (χ2v) is 2.97. The molecule has 1 amide bonds. The molecule has 0 aromatic rings. The van der Waals surface area contributed by atoms with E-state index in [0.717, 1.165) is 23.4 Å². The average molecular weight is 147 g/mol. The number of hydrogen-bond acceptors (Lipinski definition) is 2. The first-order valence-corrected chi connectivity index (χ1v) is 3.91. The van der Waals surface area contributed by atoms with E-state index >= 15 is 0 Å². The zero-order chi connectivity index (χ0) is 7.28. The van der Waals surface area contributed by atoms with Crippen molar-refractivity contribution in [2.75, 3.05) is 13.7 Å². The van der Waals surface area contributed by atoms with Crippen LogP contribution in [0.15, 0.2) is 0 Å². The van der Waals surface area contributed by atoms with Gasteiger partial charge < -0.3 is 9.30 Å². The lowest BCUT2D eigenvalue weighted by Gasteiger charge is -2.13. The predicted molar refractivity (Wildman–Crippen MR) is 39.3 cm³/mol. The van der Waals surface area contributed by atoms with E-state index in [4.69, 9.17) is 0 Å². The van der Waals surface area contributed by atoms with E-state index in [9.17, 15) is 4.79 Å². The van der Waals surface area contributed by atoms with Crippen molar-refractivity contribution in [2.24, 2.45) is 0 Å². The second-order valence-electron chi connectivity index (χ2n) is 1.89. The normalized spacial score (nSPS) is 9.11. The fraction of sp³-hybridized carbons (Fsp3) is 0.800. The van der Waals surface area contributed by atoms with Crippen LogP contribution in [0.4, 0.5) is 4.79 Å². The van der Waals surface area contributed by atoms with E-state index in [1.807, 2.05) is 6.92 Å². The molecule has 0 saturated carbocycles. The van der Waals surface area contributed by atoms with Crippen molar-refractivity contribution in [3.63, 3.8) is 0 Å². The predicted octanol–water partition coefficient (Wildman–Crippen LogP) is -0.255. The van der Waals surface area contributed by atoms with Gasteiger partial charge in [0.2, 0.25) is 0 Å². The summed E-state index contributed by atoms with van der Waals surface area (Å²) in [4.78, 5) is 10.6. The summed E-state index contributed by atoms with van der Waals surface area (Å²) in [6.45, 7) is 2.85. The molecular weight excluding hydrogens is 134 g/mol. The van der Waals surface area contributed by atoms with Crippen molar-refractivity contribution < 1.29 is 9.53 Å². The Morgan fingerprint density at radius 2 is 2.33 bits per heavy atom. The van der Waals surface area contributed by atoms with Gasteiger partial charge in [0.05, 0.1) is 7.11 Å². The van der Waals surface area contributed by atoms with Gasteiger partial charge in [0, 0.05) is 6.54 Å². The summed E-state index contributed by atoms with van der Waals surface area (Å²) in [7, 11) is 2.16. The highest BCUT2D eigenvalue weighted by Gasteiger charge is 2.03. The summed E-state index contributed by atoms with van der Waals surface area (Å²) in [5.74, 6) is 0. The van der Waals surface area contributed by atoms with Gasteiger partial charge >= 0.3 is 6.09 Å². The zero-order valence-electron chi connectivity index (χ0n) is 6.18. The standard InChI is InChI=1S/C5H13NO2Si/c1-3-4-6(9)5(7)8-2/h3-4H2,1-2,9H3. The molecule has 9 heavy (non-hydrogen) atoms. The summed E-state index contributed by atoms with van der Waals surface area (Å²) < 4.78 is 6.17. The Morgan fingerprint density at radius 3 is 2.67 bits per heavy atom. The van der Waals surface area contributed by atoms with Crippen LogP contribution >= 0.6 is 0 Å². The van der Waals surface area contributed by atoms with Crippen LogP contribution in [0.2, 0.25) is 0 Å². The van der Waals surface area contributed by atoms with Crippen LogP contribution in [0.3, 0.4) is 0 Å². The molecule has 0 aromatic heterocycles. The van der Waals surface area contributed by atoms with Gasteiger partial charge in [-0.1, -0.05) is 6.92 Å². The summed E-state index contributed by atoms with van der Waals surface area (Å²) >= 11 is 0. The summed E-state index contributed by atoms with van der Waals surface area (Å²) in [5.41, 5.74) is 0. The summed E-state index contributed by atoms with van der Waals surface area (Å²) in [6, 6.07) is 0. The third-order valence-electron chi connectivity index (χ3n) is 1.05. The van der Waals surface area contributed by atoms with Crippen LogP contribution in [0.1, 0.15) is 13.3 Å². The molecule has 0 saturated heterocycles. The monoisotopic (exact) mass is 147 g/mol. The molecule has 0 spiro atoms. The quantitative estimate of drug-likeness (QED) is 0.504. The van der Waals surface area contributed by atoms with E-state index < -0.39 is 0 Å². The number of hydrogen-bond donors (Lipinski definition) is 0. The summed E-state index contributed by atoms with van der Waals surface area (Å²) in [6.07, 6.45) is 0.794. The van der Waals surface area contributed by atoms with Gasteiger partial charge in [0.15, 0.2) is 0 Å². The van der Waals surface area contributed by atoms with E-state index in [2.05, 4.69) is 4.74 Å². The second kappa shape index (κ2) is 4.37. The lowest BCUT2D eigenvalue weighted by Crippen LogP contribution is -2.28. The Morgan fingerprint density at radius 1 is 1.78 bits per heavy atom. The molecule has 3 nitrogen and oxygen atoms in total. The molecule has 0 radical (unpaired) electrons. The fourth-order valence-electron chi connectivity index (χ4n) is 0.583. The Hall–Kier alpha value is -0.513. The minimum atomic E-state index is -0.205. The van der Waals surface area contributed by atoms with Gasteiger partial charge in [-0.05, 0) is 6.42 Å². The molecule has 0 N–H and O–H groups in total.